The van der Waals surface area contributed by atoms with Crippen LogP contribution in [0.2, 0.25) is 0 Å². The van der Waals surface area contributed by atoms with E-state index in [0.29, 0.717) is 5.92 Å². The smallest absolute Gasteiger partial charge is 0.0150 e. The average Bonchev–Trinajstić information content (AvgIpc) is 2.45. The summed E-state index contributed by atoms with van der Waals surface area (Å²) >= 11 is 0. The highest BCUT2D eigenvalue weighted by Gasteiger charge is 2.11. The van der Waals surface area contributed by atoms with Gasteiger partial charge in [0, 0.05) is 0 Å². The van der Waals surface area contributed by atoms with Gasteiger partial charge in [0.2, 0.25) is 0 Å². The number of rotatable bonds is 4. The van der Waals surface area contributed by atoms with E-state index in [9.17, 15) is 0 Å². The maximum absolute atomic E-state index is 5.76. The van der Waals surface area contributed by atoms with Crippen molar-refractivity contribution in [2.45, 2.75) is 33.1 Å². The third kappa shape index (κ3) is 2.96. The number of aryl methyl sites for hydroxylation is 1. The van der Waals surface area contributed by atoms with Crippen LogP contribution in [-0.4, -0.2) is 0 Å². The molecule has 0 spiro atoms. The molecule has 0 amide bonds. The van der Waals surface area contributed by atoms with Crippen molar-refractivity contribution in [3.05, 3.63) is 76.9 Å². The Kier molecular flexibility index (Phi) is 4.21. The van der Waals surface area contributed by atoms with E-state index < -0.39 is 0 Å². The number of benzene rings is 2. The van der Waals surface area contributed by atoms with Crippen LogP contribution < -0.4 is 0 Å². The summed E-state index contributed by atoms with van der Waals surface area (Å²) in [6.45, 7) is 12.4. The molecule has 0 aliphatic rings. The first-order valence-corrected chi connectivity index (χ1v) is 6.82. The maximum atomic E-state index is 5.76. The predicted octanol–water partition coefficient (Wildman–Crippen LogP) is 5.10. The lowest BCUT2D eigenvalue weighted by molar-refractivity contribution is 0.753. The normalized spacial score (nSPS) is 12.2. The summed E-state index contributed by atoms with van der Waals surface area (Å²) in [5, 5.41) is 0. The monoisotopic (exact) mass is 249 g/mol. The molecule has 2 rings (SSSR count). The van der Waals surface area contributed by atoms with Crippen molar-refractivity contribution in [1.29, 1.82) is 0 Å². The van der Waals surface area contributed by atoms with Gasteiger partial charge in [-0.15, -0.1) is 0 Å². The Labute approximate surface area is 116 Å². The van der Waals surface area contributed by atoms with Gasteiger partial charge in [-0.25, -0.2) is 0 Å². The second kappa shape index (κ2) is 5.88. The zero-order chi connectivity index (χ0) is 13.8. The molecule has 0 saturated heterocycles. The van der Waals surface area contributed by atoms with Crippen molar-refractivity contribution < 1.29 is 0 Å². The van der Waals surface area contributed by atoms with Gasteiger partial charge >= 0.3 is 0 Å². The van der Waals surface area contributed by atoms with Crippen molar-refractivity contribution in [1.82, 2.24) is 0 Å². The molecule has 0 aliphatic heterocycles. The molecular formula is C19H21. The fraction of sp³-hybridized carbons (Fsp3) is 0.263. The van der Waals surface area contributed by atoms with E-state index >= 15 is 0 Å². The second-order valence-corrected chi connectivity index (χ2v) is 5.26. The molecule has 0 saturated carbocycles. The summed E-state index contributed by atoms with van der Waals surface area (Å²) in [7, 11) is 0. The van der Waals surface area contributed by atoms with E-state index in [1.807, 2.05) is 0 Å². The van der Waals surface area contributed by atoms with E-state index in [0.717, 1.165) is 12.0 Å². The standard InChI is InChI=1S/C19H21/c1-5-17-12-11-14(2)16(4)19(17)13-15(3)18-9-7-6-8-10-18/h1,5-12,15H,13H2,2-4H3. The van der Waals surface area contributed by atoms with Crippen LogP contribution >= 0.6 is 0 Å². The van der Waals surface area contributed by atoms with Crippen molar-refractivity contribution in [3.63, 3.8) is 0 Å². The summed E-state index contributed by atoms with van der Waals surface area (Å²) in [4.78, 5) is 0. The molecule has 19 heavy (non-hydrogen) atoms. The van der Waals surface area contributed by atoms with Gasteiger partial charge in [0.05, 0.1) is 0 Å². The van der Waals surface area contributed by atoms with Crippen LogP contribution in [0.1, 0.15) is 40.7 Å². The first kappa shape index (κ1) is 13.6. The van der Waals surface area contributed by atoms with Crippen LogP contribution in [0.15, 0.2) is 42.5 Å². The Morgan fingerprint density at radius 1 is 1.05 bits per heavy atom. The van der Waals surface area contributed by atoms with Crippen molar-refractivity contribution >= 4 is 6.08 Å². The maximum Gasteiger partial charge on any atom is -0.0150 e. The molecule has 0 heteroatoms. The summed E-state index contributed by atoms with van der Waals surface area (Å²) in [6.07, 6.45) is 2.75. The first-order valence-electron chi connectivity index (χ1n) is 6.82. The predicted molar refractivity (Wildman–Crippen MR) is 83.2 cm³/mol. The van der Waals surface area contributed by atoms with E-state index in [1.165, 1.54) is 22.3 Å². The molecule has 2 aromatic carbocycles. The molecule has 0 heterocycles. The summed E-state index contributed by atoms with van der Waals surface area (Å²) in [6, 6.07) is 14.9. The summed E-state index contributed by atoms with van der Waals surface area (Å²) < 4.78 is 0. The second-order valence-electron chi connectivity index (χ2n) is 5.26. The highest BCUT2D eigenvalue weighted by atomic mass is 14.2. The Balaban J connectivity index is 2.33. The lowest BCUT2D eigenvalue weighted by atomic mass is 9.87. The van der Waals surface area contributed by atoms with E-state index in [4.69, 9.17) is 6.58 Å². The largest absolute Gasteiger partial charge is 0.0622 e. The molecule has 1 atom stereocenters. The Morgan fingerprint density at radius 2 is 1.74 bits per heavy atom. The lowest BCUT2D eigenvalue weighted by Gasteiger charge is -2.17. The summed E-state index contributed by atoms with van der Waals surface area (Å²) in [5.74, 6) is 0.500. The van der Waals surface area contributed by atoms with Gasteiger partial charge in [0.1, 0.15) is 0 Å². The molecule has 0 bridgehead atoms. The van der Waals surface area contributed by atoms with Crippen molar-refractivity contribution in [2.75, 3.05) is 0 Å². The van der Waals surface area contributed by atoms with Gasteiger partial charge in [-0.2, -0.15) is 0 Å². The highest BCUT2D eigenvalue weighted by Crippen LogP contribution is 2.26. The summed E-state index contributed by atoms with van der Waals surface area (Å²) in [5.41, 5.74) is 6.61. The van der Waals surface area contributed by atoms with Crippen molar-refractivity contribution in [3.8, 4) is 0 Å². The Hall–Kier alpha value is -1.82. The molecule has 97 valence electrons. The van der Waals surface area contributed by atoms with Gasteiger partial charge in [-0.1, -0.05) is 62.0 Å². The molecule has 0 fully saturated rings. The fourth-order valence-corrected chi connectivity index (χ4v) is 2.53. The van der Waals surface area contributed by atoms with Crippen LogP contribution in [0.4, 0.5) is 0 Å². The van der Waals surface area contributed by atoms with E-state index in [1.54, 1.807) is 6.08 Å². The van der Waals surface area contributed by atoms with Crippen LogP contribution in [0.5, 0.6) is 0 Å². The fourth-order valence-electron chi connectivity index (χ4n) is 2.53. The zero-order valence-electron chi connectivity index (χ0n) is 12.0. The van der Waals surface area contributed by atoms with Crippen LogP contribution in [0.25, 0.3) is 6.08 Å². The average molecular weight is 249 g/mol. The molecule has 0 N–H and O–H groups in total. The van der Waals surface area contributed by atoms with Gasteiger partial charge in [0.15, 0.2) is 0 Å². The molecule has 0 aromatic heterocycles. The molecule has 1 radical (unpaired) electrons. The van der Waals surface area contributed by atoms with Crippen LogP contribution in [0.3, 0.4) is 0 Å². The topological polar surface area (TPSA) is 0 Å². The van der Waals surface area contributed by atoms with E-state index in [-0.39, 0.29) is 0 Å². The van der Waals surface area contributed by atoms with E-state index in [2.05, 4.69) is 63.2 Å². The van der Waals surface area contributed by atoms with Gasteiger partial charge in [-0.05, 0) is 54.0 Å². The molecule has 0 nitrogen and oxygen atoms in total. The molecule has 1 unspecified atom stereocenters. The Bertz CT molecular complexity index is 564. The van der Waals surface area contributed by atoms with Crippen molar-refractivity contribution in [2.24, 2.45) is 0 Å². The minimum absolute atomic E-state index is 0.500. The minimum atomic E-state index is 0.500. The lowest BCUT2D eigenvalue weighted by Crippen LogP contribution is -2.03. The van der Waals surface area contributed by atoms with Gasteiger partial charge in [-0.3, -0.25) is 0 Å². The molecule has 0 aliphatic carbocycles. The SMILES string of the molecule is [CH]=Cc1ccc(C)c(C)c1CC(C)c1ccccc1. The first-order chi connectivity index (χ1) is 9.13. The molecular weight excluding hydrogens is 228 g/mol. The number of hydrogen-bond acceptors (Lipinski definition) is 0. The minimum Gasteiger partial charge on any atom is -0.0622 e. The van der Waals surface area contributed by atoms with Gasteiger partial charge < -0.3 is 0 Å². The Morgan fingerprint density at radius 3 is 2.37 bits per heavy atom. The van der Waals surface area contributed by atoms with Crippen LogP contribution in [0, 0.1) is 20.4 Å². The van der Waals surface area contributed by atoms with Crippen LogP contribution in [-0.2, 0) is 6.42 Å². The number of hydrogen-bond donors (Lipinski definition) is 0. The molecule has 2 aromatic rings. The van der Waals surface area contributed by atoms with Gasteiger partial charge in [0.25, 0.3) is 0 Å². The third-order valence-electron chi connectivity index (χ3n) is 3.96. The zero-order valence-corrected chi connectivity index (χ0v) is 12.0. The quantitative estimate of drug-likeness (QED) is 0.707. The third-order valence-corrected chi connectivity index (χ3v) is 3.96. The highest BCUT2D eigenvalue weighted by molar-refractivity contribution is 5.55.